The number of hydrogen-bond acceptors (Lipinski definition) is 4. The average Bonchev–Trinajstić information content (AvgIpc) is 3.21. The van der Waals surface area contributed by atoms with Crippen molar-refractivity contribution in [3.8, 4) is 0 Å². The summed E-state index contributed by atoms with van der Waals surface area (Å²) in [6.07, 6.45) is 6.43. The summed E-state index contributed by atoms with van der Waals surface area (Å²) in [4.78, 5) is 19.0. The molecule has 3 heterocycles. The smallest absolute Gasteiger partial charge is 0.318 e. The fraction of sp³-hybridized carbons (Fsp3) is 0.647. The van der Waals surface area contributed by atoms with Crippen LogP contribution in [0.2, 0.25) is 0 Å². The van der Waals surface area contributed by atoms with Gasteiger partial charge in [-0.25, -0.2) is 14.5 Å². The summed E-state index contributed by atoms with van der Waals surface area (Å²) >= 11 is 0. The van der Waals surface area contributed by atoms with Crippen LogP contribution in [0.4, 0.5) is 4.79 Å². The molecule has 1 aliphatic heterocycles. The lowest BCUT2D eigenvalue weighted by Gasteiger charge is -2.35. The topological polar surface area (TPSA) is 80.9 Å². The van der Waals surface area contributed by atoms with Crippen molar-refractivity contribution < 1.29 is 4.79 Å². The normalized spacial score (nSPS) is 18.4. The van der Waals surface area contributed by atoms with Crippen molar-refractivity contribution in [3.05, 3.63) is 30.1 Å². The number of amides is 2. The highest BCUT2D eigenvalue weighted by atomic mass is 16.2. The first kappa shape index (κ1) is 17.4. The second-order valence-electron chi connectivity index (χ2n) is 7.50. The molecule has 3 rings (SSSR count). The third-order valence-corrected chi connectivity index (χ3v) is 4.62. The van der Waals surface area contributed by atoms with Crippen LogP contribution in [-0.4, -0.2) is 42.0 Å². The Morgan fingerprint density at radius 2 is 2.12 bits per heavy atom. The first-order chi connectivity index (χ1) is 11.9. The molecule has 1 atom stereocenters. The summed E-state index contributed by atoms with van der Waals surface area (Å²) in [7, 11) is 1.92. The molecule has 0 spiro atoms. The van der Waals surface area contributed by atoms with E-state index >= 15 is 0 Å². The summed E-state index contributed by atoms with van der Waals surface area (Å²) in [6, 6.07) is 2.00. The summed E-state index contributed by atoms with van der Waals surface area (Å²) < 4.78 is 3.70. The Kier molecular flexibility index (Phi) is 4.78. The highest BCUT2D eigenvalue weighted by Crippen LogP contribution is 2.30. The van der Waals surface area contributed by atoms with E-state index in [1.807, 2.05) is 27.4 Å². The van der Waals surface area contributed by atoms with Gasteiger partial charge in [0.2, 0.25) is 0 Å². The fourth-order valence-corrected chi connectivity index (χ4v) is 3.40. The molecule has 2 aromatic rings. The van der Waals surface area contributed by atoms with Gasteiger partial charge >= 0.3 is 6.03 Å². The fourth-order valence-electron chi connectivity index (χ4n) is 3.40. The Labute approximate surface area is 148 Å². The Bertz CT molecular complexity index is 727. The molecule has 1 fully saturated rings. The van der Waals surface area contributed by atoms with E-state index in [0.717, 1.165) is 37.3 Å². The molecule has 0 bridgehead atoms. The minimum atomic E-state index is -0.168. The van der Waals surface area contributed by atoms with Gasteiger partial charge < -0.3 is 10.2 Å². The number of aryl methyl sites for hydroxylation is 1. The van der Waals surface area contributed by atoms with E-state index in [9.17, 15) is 4.79 Å². The van der Waals surface area contributed by atoms with Gasteiger partial charge in [0.05, 0.1) is 23.8 Å². The zero-order valence-electron chi connectivity index (χ0n) is 15.4. The van der Waals surface area contributed by atoms with E-state index in [4.69, 9.17) is 0 Å². The van der Waals surface area contributed by atoms with Gasteiger partial charge in [-0.15, -0.1) is 0 Å². The van der Waals surface area contributed by atoms with Crippen LogP contribution >= 0.6 is 0 Å². The van der Waals surface area contributed by atoms with Crippen LogP contribution in [0.1, 0.15) is 57.6 Å². The Morgan fingerprint density at radius 1 is 1.32 bits per heavy atom. The van der Waals surface area contributed by atoms with Gasteiger partial charge in [0, 0.05) is 19.8 Å². The predicted octanol–water partition coefficient (Wildman–Crippen LogP) is 2.20. The van der Waals surface area contributed by atoms with Crippen molar-refractivity contribution in [2.24, 2.45) is 7.05 Å². The first-order valence-corrected chi connectivity index (χ1v) is 8.79. The van der Waals surface area contributed by atoms with Gasteiger partial charge in [-0.2, -0.15) is 10.2 Å². The van der Waals surface area contributed by atoms with Crippen LogP contribution in [0.5, 0.6) is 0 Å². The van der Waals surface area contributed by atoms with Gasteiger partial charge in [-0.1, -0.05) is 0 Å². The zero-order chi connectivity index (χ0) is 18.0. The third-order valence-electron chi connectivity index (χ3n) is 4.62. The van der Waals surface area contributed by atoms with E-state index in [1.165, 1.54) is 6.33 Å². The minimum Gasteiger partial charge on any atom is -0.331 e. The lowest BCUT2D eigenvalue weighted by atomic mass is 10.00. The molecule has 0 saturated carbocycles. The zero-order valence-corrected chi connectivity index (χ0v) is 15.4. The van der Waals surface area contributed by atoms with Crippen molar-refractivity contribution in [1.29, 1.82) is 0 Å². The van der Waals surface area contributed by atoms with Crippen LogP contribution in [0.25, 0.3) is 0 Å². The molecule has 8 heteroatoms. The van der Waals surface area contributed by atoms with Gasteiger partial charge in [-0.05, 0) is 46.1 Å². The highest BCUT2D eigenvalue weighted by molar-refractivity contribution is 5.74. The van der Waals surface area contributed by atoms with E-state index in [-0.39, 0.29) is 17.6 Å². The van der Waals surface area contributed by atoms with Gasteiger partial charge in [0.25, 0.3) is 0 Å². The number of hydrogen-bond donors (Lipinski definition) is 1. The van der Waals surface area contributed by atoms with E-state index in [2.05, 4.69) is 41.3 Å². The molecule has 2 aromatic heterocycles. The monoisotopic (exact) mass is 345 g/mol. The molecular weight excluding hydrogens is 318 g/mol. The molecule has 1 N–H and O–H groups in total. The molecule has 0 aliphatic carbocycles. The molecule has 0 aromatic carbocycles. The molecule has 1 aliphatic rings. The minimum absolute atomic E-state index is 0.0608. The van der Waals surface area contributed by atoms with Crippen LogP contribution in [0.15, 0.2) is 18.6 Å². The summed E-state index contributed by atoms with van der Waals surface area (Å²) in [5.41, 5.74) is 0.909. The standard InChI is InChI=1S/C17H27N7O/c1-17(2,3)24-15(19-12-21-24)11-18-16(25)23-10-6-5-7-14(23)13-8-9-20-22(13)4/h8-9,12,14H,5-7,10-11H2,1-4H3,(H,18,25). The maximum atomic E-state index is 12.8. The van der Waals surface area contributed by atoms with Crippen molar-refractivity contribution >= 4 is 6.03 Å². The number of piperidine rings is 1. The molecule has 2 amide bonds. The second-order valence-corrected chi connectivity index (χ2v) is 7.50. The Morgan fingerprint density at radius 3 is 2.80 bits per heavy atom. The van der Waals surface area contributed by atoms with E-state index < -0.39 is 0 Å². The Balaban J connectivity index is 1.70. The molecular formula is C17H27N7O. The predicted molar refractivity (Wildman–Crippen MR) is 93.8 cm³/mol. The van der Waals surface area contributed by atoms with Crippen LogP contribution in [0, 0.1) is 0 Å². The average molecular weight is 345 g/mol. The number of nitrogens with zero attached hydrogens (tertiary/aromatic N) is 6. The summed E-state index contributed by atoms with van der Waals surface area (Å²) in [6.45, 7) is 7.32. The van der Waals surface area contributed by atoms with Crippen molar-refractivity contribution in [2.45, 2.75) is 58.2 Å². The number of likely N-dealkylation sites (tertiary alicyclic amines) is 1. The van der Waals surface area contributed by atoms with Crippen LogP contribution in [0.3, 0.4) is 0 Å². The highest BCUT2D eigenvalue weighted by Gasteiger charge is 2.30. The van der Waals surface area contributed by atoms with Gasteiger partial charge in [0.15, 0.2) is 0 Å². The number of urea groups is 1. The van der Waals surface area contributed by atoms with Gasteiger partial charge in [-0.3, -0.25) is 4.68 Å². The van der Waals surface area contributed by atoms with Crippen LogP contribution < -0.4 is 5.32 Å². The molecule has 8 nitrogen and oxygen atoms in total. The second kappa shape index (κ2) is 6.85. The van der Waals surface area contributed by atoms with E-state index in [0.29, 0.717) is 6.54 Å². The summed E-state index contributed by atoms with van der Waals surface area (Å²) in [5.74, 6) is 0.759. The van der Waals surface area contributed by atoms with Crippen molar-refractivity contribution in [1.82, 2.24) is 34.8 Å². The van der Waals surface area contributed by atoms with E-state index in [1.54, 1.807) is 6.20 Å². The number of carbonyl (C=O) groups excluding carboxylic acids is 1. The molecule has 1 saturated heterocycles. The molecule has 0 radical (unpaired) electrons. The molecule has 1 unspecified atom stereocenters. The number of rotatable bonds is 3. The third kappa shape index (κ3) is 3.67. The lowest BCUT2D eigenvalue weighted by Crippen LogP contribution is -2.45. The SMILES string of the molecule is Cn1nccc1C1CCCCN1C(=O)NCc1ncnn1C(C)(C)C. The number of aromatic nitrogens is 5. The van der Waals surface area contributed by atoms with Crippen molar-refractivity contribution in [2.75, 3.05) is 6.54 Å². The maximum Gasteiger partial charge on any atom is 0.318 e. The molecule has 25 heavy (non-hydrogen) atoms. The number of carbonyl (C=O) groups is 1. The number of nitrogens with one attached hydrogen (secondary N) is 1. The lowest BCUT2D eigenvalue weighted by molar-refractivity contribution is 0.147. The van der Waals surface area contributed by atoms with Crippen LogP contribution in [-0.2, 0) is 19.1 Å². The maximum absolute atomic E-state index is 12.8. The Hall–Kier alpha value is -2.38. The molecule has 136 valence electrons. The van der Waals surface area contributed by atoms with Crippen molar-refractivity contribution in [3.63, 3.8) is 0 Å². The van der Waals surface area contributed by atoms with Gasteiger partial charge in [0.1, 0.15) is 12.2 Å². The largest absolute Gasteiger partial charge is 0.331 e. The quantitative estimate of drug-likeness (QED) is 0.925. The summed E-state index contributed by atoms with van der Waals surface area (Å²) in [5, 5.41) is 11.5. The first-order valence-electron chi connectivity index (χ1n) is 8.79.